The zero-order chi connectivity index (χ0) is 13.4. The van der Waals surface area contributed by atoms with E-state index < -0.39 is 0 Å². The minimum atomic E-state index is -0.243. The van der Waals surface area contributed by atoms with Crippen LogP contribution in [0.25, 0.3) is 11.0 Å². The average Bonchev–Trinajstić information content (AvgIpc) is 2.96. The monoisotopic (exact) mass is 278 g/mol. The maximum atomic E-state index is 13.5. The molecule has 1 N–H and O–H groups in total. The Morgan fingerprint density at radius 1 is 1.47 bits per heavy atom. The Morgan fingerprint density at radius 2 is 2.32 bits per heavy atom. The Balaban J connectivity index is 2.00. The largest absolute Gasteiger partial charge is 0.340 e. The molecule has 2 aromatic heterocycles. The molecule has 7 heteroatoms. The molecule has 5 nitrogen and oxygen atoms in total. The highest BCUT2D eigenvalue weighted by Gasteiger charge is 2.09. The number of aromatic amines is 1. The Morgan fingerprint density at radius 3 is 3.05 bits per heavy atom. The summed E-state index contributed by atoms with van der Waals surface area (Å²) in [6.45, 7) is 2.33. The summed E-state index contributed by atoms with van der Waals surface area (Å²) in [5, 5.41) is 3.55. The van der Waals surface area contributed by atoms with Crippen LogP contribution < -0.4 is 0 Å². The van der Waals surface area contributed by atoms with Crippen LogP contribution in [0.2, 0.25) is 0 Å². The number of nitrogens with one attached hydrogen (secondary N) is 1. The van der Waals surface area contributed by atoms with Crippen LogP contribution >= 0.6 is 12.2 Å². The first-order valence-electron chi connectivity index (χ1n) is 5.79. The summed E-state index contributed by atoms with van der Waals surface area (Å²) in [4.78, 5) is 6.96. The fourth-order valence-electron chi connectivity index (χ4n) is 2.02. The smallest absolute Gasteiger partial charge is 0.228 e. The van der Waals surface area contributed by atoms with Gasteiger partial charge in [-0.25, -0.2) is 4.39 Å². The average molecular weight is 278 g/mol. The van der Waals surface area contributed by atoms with E-state index in [0.717, 1.165) is 5.52 Å². The van der Waals surface area contributed by atoms with Crippen LogP contribution in [0.5, 0.6) is 0 Å². The van der Waals surface area contributed by atoms with Crippen LogP contribution in [0.15, 0.2) is 23.0 Å². The molecule has 0 radical (unpaired) electrons. The van der Waals surface area contributed by atoms with Crippen molar-refractivity contribution < 1.29 is 8.91 Å². The van der Waals surface area contributed by atoms with Crippen molar-refractivity contribution in [2.45, 2.75) is 19.9 Å². The van der Waals surface area contributed by atoms with E-state index in [-0.39, 0.29) is 5.82 Å². The number of imidazole rings is 1. The summed E-state index contributed by atoms with van der Waals surface area (Å²) in [6, 6.07) is 3.24. The minimum absolute atomic E-state index is 0.243. The van der Waals surface area contributed by atoms with Gasteiger partial charge in [-0.05, 0) is 36.8 Å². The summed E-state index contributed by atoms with van der Waals surface area (Å²) >= 11 is 5.25. The van der Waals surface area contributed by atoms with Gasteiger partial charge in [0.05, 0.1) is 11.0 Å². The molecule has 3 aromatic rings. The van der Waals surface area contributed by atoms with Gasteiger partial charge in [0.15, 0.2) is 11.1 Å². The number of nitrogens with zero attached hydrogens (tertiary/aromatic N) is 3. The second-order valence-corrected chi connectivity index (χ2v) is 4.67. The van der Waals surface area contributed by atoms with Crippen molar-refractivity contribution in [3.63, 3.8) is 0 Å². The van der Waals surface area contributed by atoms with Gasteiger partial charge in [-0.15, -0.1) is 0 Å². The standard InChI is InChI=1S/C12H11FN4OS/c1-7-4-10-9(5-8(7)13)16-12(19)17(10)3-2-11-14-6-15-18-11/h4-6H,2-3H2,1H3,(H,16,19). The lowest BCUT2D eigenvalue weighted by Crippen LogP contribution is -2.02. The van der Waals surface area contributed by atoms with Crippen LogP contribution in [-0.4, -0.2) is 19.7 Å². The van der Waals surface area contributed by atoms with Crippen molar-refractivity contribution >= 4 is 23.3 Å². The number of halogens is 1. The van der Waals surface area contributed by atoms with Gasteiger partial charge < -0.3 is 14.1 Å². The van der Waals surface area contributed by atoms with Crippen LogP contribution in [0, 0.1) is 17.5 Å². The van der Waals surface area contributed by atoms with Crippen LogP contribution in [-0.2, 0) is 13.0 Å². The molecular formula is C12H11FN4OS. The Hall–Kier alpha value is -2.02. The predicted molar refractivity (Wildman–Crippen MR) is 69.8 cm³/mol. The zero-order valence-corrected chi connectivity index (χ0v) is 11.0. The van der Waals surface area contributed by atoms with E-state index in [9.17, 15) is 4.39 Å². The second-order valence-electron chi connectivity index (χ2n) is 4.29. The lowest BCUT2D eigenvalue weighted by Gasteiger charge is -2.03. The van der Waals surface area contributed by atoms with E-state index in [4.69, 9.17) is 16.7 Å². The number of benzene rings is 1. The van der Waals surface area contributed by atoms with Crippen molar-refractivity contribution in [2.24, 2.45) is 0 Å². The van der Waals surface area contributed by atoms with Crippen LogP contribution in [0.4, 0.5) is 4.39 Å². The van der Waals surface area contributed by atoms with Crippen LogP contribution in [0.1, 0.15) is 11.5 Å². The van der Waals surface area contributed by atoms with E-state index >= 15 is 0 Å². The number of aromatic nitrogens is 4. The summed E-state index contributed by atoms with van der Waals surface area (Å²) in [5.74, 6) is 0.308. The molecule has 19 heavy (non-hydrogen) atoms. The lowest BCUT2D eigenvalue weighted by molar-refractivity contribution is 0.371. The summed E-state index contributed by atoms with van der Waals surface area (Å²) in [7, 11) is 0. The van der Waals surface area contributed by atoms with Crippen molar-refractivity contribution in [2.75, 3.05) is 0 Å². The van der Waals surface area contributed by atoms with Gasteiger partial charge in [0, 0.05) is 13.0 Å². The van der Waals surface area contributed by atoms with Crippen molar-refractivity contribution in [1.29, 1.82) is 0 Å². The second kappa shape index (κ2) is 4.58. The molecule has 0 fully saturated rings. The molecule has 0 aliphatic carbocycles. The Labute approximate surface area is 113 Å². The predicted octanol–water partition coefficient (Wildman–Crippen LogP) is 2.77. The fraction of sp³-hybridized carbons (Fsp3) is 0.250. The molecule has 1 aromatic carbocycles. The number of hydrogen-bond acceptors (Lipinski definition) is 4. The number of hydrogen-bond donors (Lipinski definition) is 1. The quantitative estimate of drug-likeness (QED) is 0.748. The highest BCUT2D eigenvalue weighted by atomic mass is 32.1. The maximum absolute atomic E-state index is 13.5. The van der Waals surface area contributed by atoms with E-state index in [2.05, 4.69) is 15.1 Å². The number of rotatable bonds is 3. The zero-order valence-electron chi connectivity index (χ0n) is 10.2. The molecule has 0 amide bonds. The van der Waals surface area contributed by atoms with Crippen LogP contribution in [0.3, 0.4) is 0 Å². The summed E-state index contributed by atoms with van der Waals surface area (Å²) in [6.07, 6.45) is 1.95. The Kier molecular flexibility index (Phi) is 2.90. The topological polar surface area (TPSA) is 59.6 Å². The Bertz CT molecular complexity index is 775. The maximum Gasteiger partial charge on any atom is 0.228 e. The third-order valence-electron chi connectivity index (χ3n) is 3.01. The first-order chi connectivity index (χ1) is 9.15. The molecule has 0 atom stereocenters. The molecule has 98 valence electrons. The summed E-state index contributed by atoms with van der Waals surface area (Å²) < 4.78 is 20.9. The first-order valence-corrected chi connectivity index (χ1v) is 6.20. The molecule has 0 aliphatic heterocycles. The van der Waals surface area contributed by atoms with Gasteiger partial charge in [-0.2, -0.15) is 4.98 Å². The van der Waals surface area contributed by atoms with Gasteiger partial charge in [0.25, 0.3) is 0 Å². The highest BCUT2D eigenvalue weighted by molar-refractivity contribution is 7.71. The van der Waals surface area contributed by atoms with Gasteiger partial charge in [-0.3, -0.25) is 0 Å². The minimum Gasteiger partial charge on any atom is -0.340 e. The third kappa shape index (κ3) is 2.17. The molecule has 0 unspecified atom stereocenters. The number of fused-ring (bicyclic) bond motifs is 1. The molecule has 0 aliphatic rings. The molecule has 2 heterocycles. The van der Waals surface area contributed by atoms with E-state index in [1.807, 2.05) is 4.57 Å². The normalized spacial score (nSPS) is 11.3. The molecule has 0 spiro atoms. The van der Waals surface area contributed by atoms with Crippen molar-refractivity contribution in [3.8, 4) is 0 Å². The molecule has 0 saturated carbocycles. The molecular weight excluding hydrogens is 267 g/mol. The molecule has 0 saturated heterocycles. The van der Waals surface area contributed by atoms with Gasteiger partial charge in [0.1, 0.15) is 5.82 Å². The van der Waals surface area contributed by atoms with E-state index in [1.165, 1.54) is 12.4 Å². The number of aryl methyl sites for hydroxylation is 3. The molecule has 0 bridgehead atoms. The lowest BCUT2D eigenvalue weighted by atomic mass is 10.2. The first kappa shape index (κ1) is 12.0. The van der Waals surface area contributed by atoms with Gasteiger partial charge >= 0.3 is 0 Å². The third-order valence-corrected chi connectivity index (χ3v) is 3.33. The SMILES string of the molecule is Cc1cc2c(cc1F)[nH]c(=S)n2CCc1ncno1. The summed E-state index contributed by atoms with van der Waals surface area (Å²) in [5.41, 5.74) is 2.16. The van der Waals surface area contributed by atoms with Crippen molar-refractivity contribution in [1.82, 2.24) is 19.7 Å². The van der Waals surface area contributed by atoms with E-state index in [0.29, 0.717) is 34.7 Å². The van der Waals surface area contributed by atoms with E-state index in [1.54, 1.807) is 13.0 Å². The molecule has 3 rings (SSSR count). The highest BCUT2D eigenvalue weighted by Crippen LogP contribution is 2.19. The van der Waals surface area contributed by atoms with Crippen molar-refractivity contribution in [3.05, 3.63) is 40.5 Å². The number of H-pyrrole nitrogens is 1. The van der Waals surface area contributed by atoms with Gasteiger partial charge in [0.2, 0.25) is 5.89 Å². The fourth-order valence-corrected chi connectivity index (χ4v) is 2.32. The van der Waals surface area contributed by atoms with Gasteiger partial charge in [-0.1, -0.05) is 5.16 Å².